The average molecular weight is 341 g/mol. The number of rotatable bonds is 5. The lowest BCUT2D eigenvalue weighted by Gasteiger charge is -2.16. The lowest BCUT2D eigenvalue weighted by atomic mass is 9.95. The maximum Gasteiger partial charge on any atom is 0.234 e. The highest BCUT2D eigenvalue weighted by atomic mass is 19.1. The van der Waals surface area contributed by atoms with E-state index in [1.165, 1.54) is 11.6 Å². The fraction of sp³-hybridized carbons (Fsp3) is 0.350. The SMILES string of the molecule is Cc1ccc(CNC(=O)CN2C[C@@H](N)[C@H](c3ccccc3)C2)cc1F. The van der Waals surface area contributed by atoms with Gasteiger partial charge in [0.1, 0.15) is 5.82 Å². The van der Waals surface area contributed by atoms with Gasteiger partial charge in [-0.1, -0.05) is 42.5 Å². The molecule has 0 aliphatic carbocycles. The van der Waals surface area contributed by atoms with Gasteiger partial charge in [0.2, 0.25) is 5.91 Å². The summed E-state index contributed by atoms with van der Waals surface area (Å²) in [6, 6.07) is 15.2. The second-order valence-electron chi connectivity index (χ2n) is 6.74. The fourth-order valence-electron chi connectivity index (χ4n) is 3.30. The van der Waals surface area contributed by atoms with Gasteiger partial charge in [-0.25, -0.2) is 4.39 Å². The molecule has 3 N–H and O–H groups in total. The van der Waals surface area contributed by atoms with Crippen LogP contribution in [-0.4, -0.2) is 36.5 Å². The van der Waals surface area contributed by atoms with E-state index in [4.69, 9.17) is 5.73 Å². The molecule has 0 bridgehead atoms. The smallest absolute Gasteiger partial charge is 0.234 e. The number of likely N-dealkylation sites (tertiary alicyclic amines) is 1. The van der Waals surface area contributed by atoms with Crippen molar-refractivity contribution in [1.82, 2.24) is 10.2 Å². The molecule has 4 nitrogen and oxygen atoms in total. The first-order valence-electron chi connectivity index (χ1n) is 8.57. The molecule has 5 heteroatoms. The zero-order valence-electron chi connectivity index (χ0n) is 14.4. The minimum Gasteiger partial charge on any atom is -0.351 e. The minimum atomic E-state index is -0.247. The summed E-state index contributed by atoms with van der Waals surface area (Å²) in [5.41, 5.74) is 8.84. The van der Waals surface area contributed by atoms with Gasteiger partial charge in [-0.3, -0.25) is 9.69 Å². The Morgan fingerprint density at radius 1 is 1.24 bits per heavy atom. The summed E-state index contributed by atoms with van der Waals surface area (Å²) in [7, 11) is 0. The van der Waals surface area contributed by atoms with E-state index in [9.17, 15) is 9.18 Å². The predicted octanol–water partition coefficient (Wildman–Crippen LogP) is 2.18. The molecule has 1 aliphatic rings. The van der Waals surface area contributed by atoms with Crippen molar-refractivity contribution in [3.8, 4) is 0 Å². The quantitative estimate of drug-likeness (QED) is 0.876. The van der Waals surface area contributed by atoms with Crippen molar-refractivity contribution in [3.05, 3.63) is 71.0 Å². The van der Waals surface area contributed by atoms with Crippen LogP contribution in [0.15, 0.2) is 48.5 Å². The Morgan fingerprint density at radius 3 is 2.72 bits per heavy atom. The molecule has 0 spiro atoms. The maximum atomic E-state index is 13.5. The Kier molecular flexibility index (Phi) is 5.46. The summed E-state index contributed by atoms with van der Waals surface area (Å²) in [4.78, 5) is 14.3. The first-order valence-corrected chi connectivity index (χ1v) is 8.57. The lowest BCUT2D eigenvalue weighted by Crippen LogP contribution is -2.37. The number of carbonyl (C=O) groups is 1. The van der Waals surface area contributed by atoms with Crippen LogP contribution in [0.3, 0.4) is 0 Å². The fourth-order valence-corrected chi connectivity index (χ4v) is 3.30. The molecule has 0 radical (unpaired) electrons. The van der Waals surface area contributed by atoms with Crippen molar-refractivity contribution in [1.29, 1.82) is 0 Å². The molecule has 2 atom stereocenters. The predicted molar refractivity (Wildman–Crippen MR) is 96.6 cm³/mol. The molecule has 2 aromatic carbocycles. The van der Waals surface area contributed by atoms with Gasteiger partial charge in [0.05, 0.1) is 6.54 Å². The highest BCUT2D eigenvalue weighted by Gasteiger charge is 2.31. The summed E-state index contributed by atoms with van der Waals surface area (Å²) in [5.74, 6) is -0.0648. The van der Waals surface area contributed by atoms with Crippen LogP contribution in [0.1, 0.15) is 22.6 Å². The van der Waals surface area contributed by atoms with E-state index >= 15 is 0 Å². The molecule has 0 unspecified atom stereocenters. The van der Waals surface area contributed by atoms with Crippen LogP contribution < -0.4 is 11.1 Å². The largest absolute Gasteiger partial charge is 0.351 e. The molecule has 0 aromatic heterocycles. The monoisotopic (exact) mass is 341 g/mol. The van der Waals surface area contributed by atoms with E-state index < -0.39 is 0 Å². The highest BCUT2D eigenvalue weighted by molar-refractivity contribution is 5.78. The number of carbonyl (C=O) groups excluding carboxylic acids is 1. The molecule has 1 heterocycles. The first-order chi connectivity index (χ1) is 12.0. The van der Waals surface area contributed by atoms with Crippen molar-refractivity contribution >= 4 is 5.91 Å². The number of benzene rings is 2. The maximum absolute atomic E-state index is 13.5. The number of nitrogens with two attached hydrogens (primary N) is 1. The number of hydrogen-bond acceptors (Lipinski definition) is 3. The van der Waals surface area contributed by atoms with Crippen LogP contribution in [0, 0.1) is 12.7 Å². The van der Waals surface area contributed by atoms with Crippen molar-refractivity contribution in [3.63, 3.8) is 0 Å². The van der Waals surface area contributed by atoms with Crippen LogP contribution in [0.5, 0.6) is 0 Å². The molecule has 2 aromatic rings. The standard InChI is InChI=1S/C20H24FN3O/c1-14-7-8-15(9-18(14)21)10-23-20(25)13-24-11-17(19(22)12-24)16-5-3-2-4-6-16/h2-9,17,19H,10-13,22H2,1H3,(H,23,25)/t17-,19+/m0/s1. The molecule has 0 saturated carbocycles. The van der Waals surface area contributed by atoms with E-state index in [0.717, 1.165) is 12.1 Å². The Morgan fingerprint density at radius 2 is 2.00 bits per heavy atom. The second kappa shape index (κ2) is 7.76. The van der Waals surface area contributed by atoms with E-state index in [2.05, 4.69) is 22.3 Å². The topological polar surface area (TPSA) is 58.4 Å². The van der Waals surface area contributed by atoms with Crippen molar-refractivity contribution in [2.24, 2.45) is 5.73 Å². The third-order valence-corrected chi connectivity index (χ3v) is 4.76. The van der Waals surface area contributed by atoms with Crippen LogP contribution in [0.25, 0.3) is 0 Å². The Balaban J connectivity index is 1.51. The second-order valence-corrected chi connectivity index (χ2v) is 6.74. The number of halogens is 1. The minimum absolute atomic E-state index is 0.0291. The van der Waals surface area contributed by atoms with Gasteiger partial charge >= 0.3 is 0 Å². The van der Waals surface area contributed by atoms with Gasteiger partial charge in [-0.15, -0.1) is 0 Å². The van der Waals surface area contributed by atoms with Gasteiger partial charge in [0.15, 0.2) is 0 Å². The van der Waals surface area contributed by atoms with Crippen molar-refractivity contribution < 1.29 is 9.18 Å². The molecule has 1 fully saturated rings. The molecule has 132 valence electrons. The Labute approximate surface area is 147 Å². The summed E-state index contributed by atoms with van der Waals surface area (Å²) in [6.45, 7) is 3.84. The molecule has 1 aliphatic heterocycles. The summed E-state index contributed by atoms with van der Waals surface area (Å²) in [5, 5.41) is 2.85. The molecular weight excluding hydrogens is 317 g/mol. The van der Waals surface area contributed by atoms with E-state index in [-0.39, 0.29) is 23.7 Å². The van der Waals surface area contributed by atoms with E-state index in [0.29, 0.717) is 25.2 Å². The van der Waals surface area contributed by atoms with Crippen LogP contribution >= 0.6 is 0 Å². The molecule has 1 amide bonds. The molecule has 25 heavy (non-hydrogen) atoms. The number of amides is 1. The van der Waals surface area contributed by atoms with Gasteiger partial charge in [0.25, 0.3) is 0 Å². The highest BCUT2D eigenvalue weighted by Crippen LogP contribution is 2.25. The molecule has 3 rings (SSSR count). The van der Waals surface area contributed by atoms with Crippen LogP contribution in [-0.2, 0) is 11.3 Å². The van der Waals surface area contributed by atoms with Crippen LogP contribution in [0.4, 0.5) is 4.39 Å². The number of aryl methyl sites for hydroxylation is 1. The lowest BCUT2D eigenvalue weighted by molar-refractivity contribution is -0.122. The zero-order valence-corrected chi connectivity index (χ0v) is 14.4. The van der Waals surface area contributed by atoms with Gasteiger partial charge in [0, 0.05) is 31.6 Å². The third kappa shape index (κ3) is 4.44. The number of nitrogens with zero attached hydrogens (tertiary/aromatic N) is 1. The number of nitrogens with one attached hydrogen (secondary N) is 1. The summed E-state index contributed by atoms with van der Waals surface area (Å²) >= 11 is 0. The summed E-state index contributed by atoms with van der Waals surface area (Å²) in [6.07, 6.45) is 0. The van der Waals surface area contributed by atoms with Gasteiger partial charge in [-0.05, 0) is 29.7 Å². The van der Waals surface area contributed by atoms with E-state index in [1.807, 2.05) is 24.3 Å². The van der Waals surface area contributed by atoms with Crippen molar-refractivity contribution in [2.75, 3.05) is 19.6 Å². The van der Waals surface area contributed by atoms with E-state index in [1.54, 1.807) is 13.0 Å². The van der Waals surface area contributed by atoms with Gasteiger partial charge in [-0.2, -0.15) is 0 Å². The summed E-state index contributed by atoms with van der Waals surface area (Å²) < 4.78 is 13.5. The average Bonchev–Trinajstić information content (AvgIpc) is 2.97. The van der Waals surface area contributed by atoms with Crippen LogP contribution in [0.2, 0.25) is 0 Å². The normalized spacial score (nSPS) is 20.6. The number of hydrogen-bond donors (Lipinski definition) is 2. The van der Waals surface area contributed by atoms with Gasteiger partial charge < -0.3 is 11.1 Å². The Hall–Kier alpha value is -2.24. The molecular formula is C20H24FN3O. The molecule has 1 saturated heterocycles. The zero-order chi connectivity index (χ0) is 17.8. The van der Waals surface area contributed by atoms with Crippen molar-refractivity contribution in [2.45, 2.75) is 25.4 Å². The Bertz CT molecular complexity index is 735. The first kappa shape index (κ1) is 17.6. The third-order valence-electron chi connectivity index (χ3n) is 4.76.